The Balaban J connectivity index is 2.34. The zero-order chi connectivity index (χ0) is 12.4. The van der Waals surface area contributed by atoms with Crippen LogP contribution in [0.4, 0.5) is 0 Å². The Morgan fingerprint density at radius 3 is 2.53 bits per heavy atom. The van der Waals surface area contributed by atoms with Crippen LogP contribution in [-0.2, 0) is 9.59 Å². The molecule has 0 bridgehead atoms. The Bertz CT molecular complexity index is 475. The minimum Gasteiger partial charge on any atom is -0.481 e. The fraction of sp³-hybridized carbons (Fsp3) is 0.182. The number of thioether (sulfide) groups is 1. The number of hydrogen-bond donors (Lipinski definition) is 3. The van der Waals surface area contributed by atoms with Crippen molar-refractivity contribution in [2.24, 2.45) is 0 Å². The van der Waals surface area contributed by atoms with Gasteiger partial charge in [-0.05, 0) is 5.56 Å². The Kier molecular flexibility index (Phi) is 3.14. The maximum absolute atomic E-state index is 11.6. The van der Waals surface area contributed by atoms with Gasteiger partial charge in [-0.1, -0.05) is 42.1 Å². The number of nitrogens with one attached hydrogen (secondary N) is 2. The molecule has 0 saturated carbocycles. The summed E-state index contributed by atoms with van der Waals surface area (Å²) in [6, 6.07) is 8.59. The van der Waals surface area contributed by atoms with Crippen molar-refractivity contribution >= 4 is 28.8 Å². The van der Waals surface area contributed by atoms with Crippen molar-refractivity contribution in [2.45, 2.75) is 11.2 Å². The first-order chi connectivity index (χ1) is 8.09. The molecule has 1 aromatic rings. The summed E-state index contributed by atoms with van der Waals surface area (Å²) < 4.78 is 0. The highest BCUT2D eigenvalue weighted by Gasteiger charge is 2.40. The number of carboxylic acid groups (broad SMARTS) is 1. The zero-order valence-corrected chi connectivity index (χ0v) is 9.53. The van der Waals surface area contributed by atoms with Gasteiger partial charge in [-0.3, -0.25) is 15.0 Å². The van der Waals surface area contributed by atoms with Crippen molar-refractivity contribution in [3.8, 4) is 0 Å². The van der Waals surface area contributed by atoms with Gasteiger partial charge in [-0.15, -0.1) is 0 Å². The predicted molar refractivity (Wildman–Crippen MR) is 64.1 cm³/mol. The third-order valence-corrected chi connectivity index (χ3v) is 3.55. The molecule has 17 heavy (non-hydrogen) atoms. The summed E-state index contributed by atoms with van der Waals surface area (Å²) in [5.74, 6) is -2.40. The molecule has 6 heteroatoms. The van der Waals surface area contributed by atoms with Gasteiger partial charge in [-0.2, -0.15) is 0 Å². The number of carboxylic acids is 1. The summed E-state index contributed by atoms with van der Waals surface area (Å²) >= 11 is 0.947. The first-order valence-electron chi connectivity index (χ1n) is 4.93. The molecule has 88 valence electrons. The summed E-state index contributed by atoms with van der Waals surface area (Å²) in [7, 11) is 0. The number of benzene rings is 1. The lowest BCUT2D eigenvalue weighted by Crippen LogP contribution is -2.32. The van der Waals surface area contributed by atoms with E-state index in [4.69, 9.17) is 5.41 Å². The normalized spacial score (nSPS) is 21.1. The van der Waals surface area contributed by atoms with Gasteiger partial charge < -0.3 is 10.4 Å². The lowest BCUT2D eigenvalue weighted by molar-refractivity contribution is -0.140. The highest BCUT2D eigenvalue weighted by Crippen LogP contribution is 2.32. The third-order valence-electron chi connectivity index (χ3n) is 2.47. The molecule has 1 amide bonds. The van der Waals surface area contributed by atoms with E-state index in [9.17, 15) is 14.7 Å². The van der Waals surface area contributed by atoms with Crippen molar-refractivity contribution in [1.29, 1.82) is 5.41 Å². The molecule has 0 aliphatic carbocycles. The fourth-order valence-electron chi connectivity index (χ4n) is 1.72. The molecule has 1 heterocycles. The van der Waals surface area contributed by atoms with Crippen molar-refractivity contribution in [3.63, 3.8) is 0 Å². The van der Waals surface area contributed by atoms with E-state index >= 15 is 0 Å². The van der Waals surface area contributed by atoms with E-state index in [0.717, 1.165) is 11.8 Å². The minimum atomic E-state index is -1.06. The van der Waals surface area contributed by atoms with Crippen molar-refractivity contribution in [2.75, 3.05) is 0 Å². The SMILES string of the molecule is N=C1NC(=O)C(C(C(=O)O)c2ccccc2)S1. The molecular formula is C11H10N2O3S. The highest BCUT2D eigenvalue weighted by molar-refractivity contribution is 8.15. The molecule has 0 spiro atoms. The number of carbonyl (C=O) groups is 2. The number of amidine groups is 1. The van der Waals surface area contributed by atoms with E-state index in [1.54, 1.807) is 30.3 Å². The molecule has 1 fully saturated rings. The molecule has 1 aliphatic rings. The van der Waals surface area contributed by atoms with Gasteiger partial charge >= 0.3 is 5.97 Å². The first-order valence-corrected chi connectivity index (χ1v) is 5.81. The maximum atomic E-state index is 11.6. The standard InChI is InChI=1S/C11H10N2O3S/c12-11-13-9(14)8(17-11)7(10(15)16)6-4-2-1-3-5-6/h1-5,7-8H,(H,15,16)(H2,12,13,14). The monoisotopic (exact) mass is 250 g/mol. The van der Waals surface area contributed by atoms with E-state index < -0.39 is 23.0 Å². The number of amides is 1. The molecule has 0 aromatic heterocycles. The van der Waals surface area contributed by atoms with Crippen LogP contribution in [0.3, 0.4) is 0 Å². The number of hydrogen-bond acceptors (Lipinski definition) is 4. The predicted octanol–water partition coefficient (Wildman–Crippen LogP) is 1.02. The lowest BCUT2D eigenvalue weighted by atomic mass is 9.95. The van der Waals surface area contributed by atoms with E-state index in [1.165, 1.54) is 0 Å². The molecule has 3 N–H and O–H groups in total. The summed E-state index contributed by atoms with van der Waals surface area (Å²) in [5, 5.41) is 18.1. The van der Waals surface area contributed by atoms with Crippen LogP contribution in [0.1, 0.15) is 11.5 Å². The van der Waals surface area contributed by atoms with Crippen LogP contribution in [0.2, 0.25) is 0 Å². The summed E-state index contributed by atoms with van der Waals surface area (Å²) in [6.07, 6.45) is 0. The Morgan fingerprint density at radius 2 is 2.06 bits per heavy atom. The van der Waals surface area contributed by atoms with Crippen LogP contribution in [0, 0.1) is 5.41 Å². The Hall–Kier alpha value is -1.82. The molecular weight excluding hydrogens is 240 g/mol. The number of aliphatic carboxylic acids is 1. The van der Waals surface area contributed by atoms with E-state index in [-0.39, 0.29) is 5.17 Å². The third kappa shape index (κ3) is 2.31. The van der Waals surface area contributed by atoms with Crippen LogP contribution in [0.5, 0.6) is 0 Å². The fourth-order valence-corrected chi connectivity index (χ4v) is 2.71. The van der Waals surface area contributed by atoms with E-state index in [0.29, 0.717) is 5.56 Å². The largest absolute Gasteiger partial charge is 0.481 e. The smallest absolute Gasteiger partial charge is 0.312 e. The molecule has 2 unspecified atom stereocenters. The summed E-state index contributed by atoms with van der Waals surface area (Å²) in [6.45, 7) is 0. The quantitative estimate of drug-likeness (QED) is 0.747. The van der Waals surface area contributed by atoms with Gasteiger partial charge in [0.1, 0.15) is 11.2 Å². The van der Waals surface area contributed by atoms with Crippen molar-refractivity contribution in [1.82, 2.24) is 5.32 Å². The van der Waals surface area contributed by atoms with Crippen LogP contribution >= 0.6 is 11.8 Å². The molecule has 2 atom stereocenters. The highest BCUT2D eigenvalue weighted by atomic mass is 32.2. The topological polar surface area (TPSA) is 90.3 Å². The van der Waals surface area contributed by atoms with Gasteiger partial charge in [0.15, 0.2) is 5.17 Å². The minimum absolute atomic E-state index is 0.00202. The molecule has 2 rings (SSSR count). The van der Waals surface area contributed by atoms with Gasteiger partial charge in [0.25, 0.3) is 0 Å². The van der Waals surface area contributed by atoms with Crippen molar-refractivity contribution < 1.29 is 14.7 Å². The number of rotatable bonds is 3. The molecule has 1 aromatic carbocycles. The average Bonchev–Trinajstić information content (AvgIpc) is 2.59. The molecule has 1 saturated heterocycles. The second kappa shape index (κ2) is 4.58. The second-order valence-corrected chi connectivity index (χ2v) is 4.74. The van der Waals surface area contributed by atoms with E-state index in [2.05, 4.69) is 5.32 Å². The van der Waals surface area contributed by atoms with Crippen molar-refractivity contribution in [3.05, 3.63) is 35.9 Å². The molecule has 0 radical (unpaired) electrons. The summed E-state index contributed by atoms with van der Waals surface area (Å²) in [4.78, 5) is 22.8. The van der Waals surface area contributed by atoms with Crippen LogP contribution in [0.25, 0.3) is 0 Å². The van der Waals surface area contributed by atoms with Gasteiger partial charge in [0.05, 0.1) is 0 Å². The molecule has 5 nitrogen and oxygen atoms in total. The average molecular weight is 250 g/mol. The van der Waals surface area contributed by atoms with E-state index in [1.807, 2.05) is 0 Å². The van der Waals surface area contributed by atoms with Gasteiger partial charge in [-0.25, -0.2) is 0 Å². The second-order valence-electron chi connectivity index (χ2n) is 3.58. The van der Waals surface area contributed by atoms with Gasteiger partial charge in [0.2, 0.25) is 5.91 Å². The maximum Gasteiger partial charge on any atom is 0.312 e. The summed E-state index contributed by atoms with van der Waals surface area (Å²) in [5.41, 5.74) is 0.572. The van der Waals surface area contributed by atoms with Crippen LogP contribution in [-0.4, -0.2) is 27.4 Å². The number of carbonyl (C=O) groups excluding carboxylic acids is 1. The van der Waals surface area contributed by atoms with Crippen LogP contribution < -0.4 is 5.32 Å². The first kappa shape index (κ1) is 11.7. The Labute approximate surface area is 102 Å². The van der Waals surface area contributed by atoms with Crippen LogP contribution in [0.15, 0.2) is 30.3 Å². The zero-order valence-electron chi connectivity index (χ0n) is 8.71. The molecule has 1 aliphatic heterocycles. The lowest BCUT2D eigenvalue weighted by Gasteiger charge is -2.16. The van der Waals surface area contributed by atoms with Gasteiger partial charge in [0, 0.05) is 0 Å². The Morgan fingerprint density at radius 1 is 1.41 bits per heavy atom.